The van der Waals surface area contributed by atoms with Gasteiger partial charge in [0.2, 0.25) is 5.13 Å². The lowest BCUT2D eigenvalue weighted by molar-refractivity contribution is 0.0962. The predicted molar refractivity (Wildman–Crippen MR) is 88.7 cm³/mol. The molecule has 0 aliphatic heterocycles. The van der Waals surface area contributed by atoms with Crippen molar-refractivity contribution in [3.05, 3.63) is 52.8 Å². The molecule has 0 spiro atoms. The van der Waals surface area contributed by atoms with E-state index in [0.717, 1.165) is 10.8 Å². The van der Waals surface area contributed by atoms with E-state index in [1.165, 1.54) is 29.5 Å². The lowest BCUT2D eigenvalue weighted by atomic mass is 10.2. The van der Waals surface area contributed by atoms with E-state index in [1.807, 2.05) is 0 Å². The van der Waals surface area contributed by atoms with Crippen LogP contribution in [0.3, 0.4) is 0 Å². The standard InChI is InChI=1S/C15H11ClFN3O2S/c1-22-11-6-5-10(16)13-12(11)18-15(23-13)20-19-14(21)8-3-2-4-9(17)7-8/h2-7H,1H3,(H,18,20)(H,19,21). The van der Waals surface area contributed by atoms with Crippen LogP contribution in [0.15, 0.2) is 36.4 Å². The fourth-order valence-electron chi connectivity index (χ4n) is 1.98. The molecule has 23 heavy (non-hydrogen) atoms. The number of methoxy groups -OCH3 is 1. The Morgan fingerprint density at radius 3 is 2.91 bits per heavy atom. The number of rotatable bonds is 4. The number of anilines is 1. The Morgan fingerprint density at radius 1 is 1.35 bits per heavy atom. The first-order chi connectivity index (χ1) is 11.1. The van der Waals surface area contributed by atoms with Crippen LogP contribution in [-0.2, 0) is 0 Å². The third-order valence-electron chi connectivity index (χ3n) is 3.05. The van der Waals surface area contributed by atoms with Crippen LogP contribution < -0.4 is 15.6 Å². The van der Waals surface area contributed by atoms with Gasteiger partial charge in [0.15, 0.2) is 0 Å². The van der Waals surface area contributed by atoms with Crippen molar-refractivity contribution in [1.29, 1.82) is 0 Å². The maximum absolute atomic E-state index is 13.1. The van der Waals surface area contributed by atoms with Crippen molar-refractivity contribution in [1.82, 2.24) is 10.4 Å². The van der Waals surface area contributed by atoms with E-state index in [-0.39, 0.29) is 5.56 Å². The Balaban J connectivity index is 1.80. The maximum Gasteiger partial charge on any atom is 0.269 e. The molecule has 118 valence electrons. The SMILES string of the molecule is COc1ccc(Cl)c2sc(NNC(=O)c3cccc(F)c3)nc12. The molecule has 0 fully saturated rings. The van der Waals surface area contributed by atoms with Crippen molar-refractivity contribution in [3.8, 4) is 5.75 Å². The van der Waals surface area contributed by atoms with Crippen LogP contribution in [0.4, 0.5) is 9.52 Å². The summed E-state index contributed by atoms with van der Waals surface area (Å²) < 4.78 is 19.1. The highest BCUT2D eigenvalue weighted by Crippen LogP contribution is 2.37. The number of hydrazine groups is 1. The van der Waals surface area contributed by atoms with Gasteiger partial charge in [0.05, 0.1) is 16.8 Å². The van der Waals surface area contributed by atoms with E-state index < -0.39 is 11.7 Å². The number of carbonyl (C=O) groups is 1. The monoisotopic (exact) mass is 351 g/mol. The van der Waals surface area contributed by atoms with Crippen LogP contribution in [-0.4, -0.2) is 18.0 Å². The van der Waals surface area contributed by atoms with E-state index in [0.29, 0.717) is 21.4 Å². The lowest BCUT2D eigenvalue weighted by Crippen LogP contribution is -2.29. The van der Waals surface area contributed by atoms with Crippen LogP contribution in [0.25, 0.3) is 10.2 Å². The summed E-state index contributed by atoms with van der Waals surface area (Å²) in [7, 11) is 1.54. The molecule has 8 heteroatoms. The molecular formula is C15H11ClFN3O2S. The quantitative estimate of drug-likeness (QED) is 0.701. The summed E-state index contributed by atoms with van der Waals surface area (Å²) in [6.45, 7) is 0. The van der Waals surface area contributed by atoms with E-state index in [9.17, 15) is 9.18 Å². The Labute approximate surface area is 140 Å². The van der Waals surface area contributed by atoms with Crippen molar-refractivity contribution < 1.29 is 13.9 Å². The van der Waals surface area contributed by atoms with Crippen molar-refractivity contribution in [3.63, 3.8) is 0 Å². The zero-order chi connectivity index (χ0) is 16.4. The Kier molecular flexibility index (Phi) is 4.31. The molecule has 0 unspecified atom stereocenters. The number of nitrogens with one attached hydrogen (secondary N) is 2. The number of fused-ring (bicyclic) bond motifs is 1. The van der Waals surface area contributed by atoms with E-state index in [1.54, 1.807) is 19.2 Å². The number of ether oxygens (including phenoxy) is 1. The van der Waals surface area contributed by atoms with Gasteiger partial charge in [0.25, 0.3) is 5.91 Å². The minimum absolute atomic E-state index is 0.203. The molecule has 0 atom stereocenters. The number of hydrogen-bond donors (Lipinski definition) is 2. The predicted octanol–water partition coefficient (Wildman–Crippen LogP) is 3.85. The number of carbonyl (C=O) groups excluding carboxylic acids is 1. The summed E-state index contributed by atoms with van der Waals surface area (Å²) in [6.07, 6.45) is 0. The topological polar surface area (TPSA) is 63.2 Å². The largest absolute Gasteiger partial charge is 0.494 e. The molecule has 3 aromatic rings. The van der Waals surface area contributed by atoms with Crippen molar-refractivity contribution in [2.75, 3.05) is 12.5 Å². The molecule has 0 saturated carbocycles. The molecule has 1 amide bonds. The van der Waals surface area contributed by atoms with Gasteiger partial charge >= 0.3 is 0 Å². The molecule has 2 aromatic carbocycles. The molecule has 3 rings (SSSR count). The second kappa shape index (κ2) is 6.39. The van der Waals surface area contributed by atoms with Gasteiger partial charge in [0.1, 0.15) is 17.1 Å². The molecule has 0 saturated heterocycles. The van der Waals surface area contributed by atoms with Gasteiger partial charge < -0.3 is 4.74 Å². The molecule has 0 aliphatic rings. The summed E-state index contributed by atoms with van der Waals surface area (Å²) in [5.41, 5.74) is 5.98. The molecule has 2 N–H and O–H groups in total. The summed E-state index contributed by atoms with van der Waals surface area (Å²) in [4.78, 5) is 16.3. The Hall–Kier alpha value is -2.38. The van der Waals surface area contributed by atoms with E-state index >= 15 is 0 Å². The highest BCUT2D eigenvalue weighted by molar-refractivity contribution is 7.22. The second-order valence-corrected chi connectivity index (χ2v) is 5.94. The highest BCUT2D eigenvalue weighted by atomic mass is 35.5. The zero-order valence-electron chi connectivity index (χ0n) is 11.9. The fourth-order valence-corrected chi connectivity index (χ4v) is 3.09. The van der Waals surface area contributed by atoms with Crippen LogP contribution in [0.2, 0.25) is 5.02 Å². The minimum atomic E-state index is -0.478. The molecular weight excluding hydrogens is 341 g/mol. The molecule has 1 heterocycles. The first kappa shape index (κ1) is 15.5. The van der Waals surface area contributed by atoms with Crippen molar-refractivity contribution in [2.24, 2.45) is 0 Å². The van der Waals surface area contributed by atoms with Gasteiger partial charge in [-0.15, -0.1) is 0 Å². The minimum Gasteiger partial charge on any atom is -0.494 e. The average Bonchev–Trinajstić information content (AvgIpc) is 2.98. The number of hydrogen-bond acceptors (Lipinski definition) is 5. The third kappa shape index (κ3) is 3.20. The number of aromatic nitrogens is 1. The second-order valence-electron chi connectivity index (χ2n) is 4.54. The van der Waals surface area contributed by atoms with Crippen LogP contribution in [0.1, 0.15) is 10.4 Å². The third-order valence-corrected chi connectivity index (χ3v) is 4.48. The van der Waals surface area contributed by atoms with Gasteiger partial charge in [0, 0.05) is 5.56 Å². The first-order valence-electron chi connectivity index (χ1n) is 6.53. The van der Waals surface area contributed by atoms with Crippen molar-refractivity contribution in [2.45, 2.75) is 0 Å². The van der Waals surface area contributed by atoms with Gasteiger partial charge in [-0.05, 0) is 30.3 Å². The molecule has 0 bridgehead atoms. The van der Waals surface area contributed by atoms with Crippen LogP contribution in [0, 0.1) is 5.82 Å². The van der Waals surface area contributed by atoms with Crippen LogP contribution in [0.5, 0.6) is 5.75 Å². The summed E-state index contributed by atoms with van der Waals surface area (Å²) in [6, 6.07) is 8.84. The van der Waals surface area contributed by atoms with Crippen LogP contribution >= 0.6 is 22.9 Å². The van der Waals surface area contributed by atoms with Gasteiger partial charge in [-0.1, -0.05) is 29.0 Å². The number of thiazole rings is 1. The van der Waals surface area contributed by atoms with Gasteiger partial charge in [-0.3, -0.25) is 15.6 Å². The Bertz CT molecular complexity index is 884. The maximum atomic E-state index is 13.1. The summed E-state index contributed by atoms with van der Waals surface area (Å²) in [5.74, 6) is -0.360. The number of benzene rings is 2. The zero-order valence-corrected chi connectivity index (χ0v) is 13.5. The summed E-state index contributed by atoms with van der Waals surface area (Å²) in [5, 5.41) is 0.985. The van der Waals surface area contributed by atoms with Crippen molar-refractivity contribution >= 4 is 44.2 Å². The normalized spacial score (nSPS) is 10.6. The van der Waals surface area contributed by atoms with Gasteiger partial charge in [-0.2, -0.15) is 0 Å². The number of halogens is 2. The number of nitrogens with zero attached hydrogens (tertiary/aromatic N) is 1. The average molecular weight is 352 g/mol. The Morgan fingerprint density at radius 2 is 2.17 bits per heavy atom. The highest BCUT2D eigenvalue weighted by Gasteiger charge is 2.13. The van der Waals surface area contributed by atoms with E-state index in [2.05, 4.69) is 15.8 Å². The fraction of sp³-hybridized carbons (Fsp3) is 0.0667. The molecule has 5 nitrogen and oxygen atoms in total. The molecule has 0 aliphatic carbocycles. The summed E-state index contributed by atoms with van der Waals surface area (Å²) >= 11 is 7.40. The van der Waals surface area contributed by atoms with E-state index in [4.69, 9.17) is 16.3 Å². The molecule has 1 aromatic heterocycles. The number of amides is 1. The smallest absolute Gasteiger partial charge is 0.269 e. The first-order valence-corrected chi connectivity index (χ1v) is 7.73. The molecule has 0 radical (unpaired) electrons. The van der Waals surface area contributed by atoms with Gasteiger partial charge in [-0.25, -0.2) is 9.37 Å². The lowest BCUT2D eigenvalue weighted by Gasteiger charge is -2.05.